The van der Waals surface area contributed by atoms with E-state index < -0.39 is 29.7 Å². The van der Waals surface area contributed by atoms with E-state index in [1.165, 1.54) is 0 Å². The van der Waals surface area contributed by atoms with Crippen LogP contribution in [0.25, 0.3) is 0 Å². The number of nitrogens with two attached hydrogens (primary N) is 1. The Morgan fingerprint density at radius 2 is 1.73 bits per heavy atom. The van der Waals surface area contributed by atoms with Gasteiger partial charge in [-0.1, -0.05) is 25.5 Å². The van der Waals surface area contributed by atoms with Gasteiger partial charge in [0.2, 0.25) is 0 Å². The van der Waals surface area contributed by atoms with Crippen molar-refractivity contribution in [2.75, 3.05) is 13.7 Å². The fourth-order valence-corrected chi connectivity index (χ4v) is 2.57. The number of methoxy groups -OCH3 is 1. The molecule has 1 unspecified atom stereocenters. The third-order valence-corrected chi connectivity index (χ3v) is 4.15. The lowest BCUT2D eigenvalue weighted by Gasteiger charge is -2.29. The molecule has 8 heteroatoms. The second-order valence-corrected chi connectivity index (χ2v) is 8.15. The molecule has 1 amide bonds. The second-order valence-electron chi connectivity index (χ2n) is 8.15. The van der Waals surface area contributed by atoms with Crippen LogP contribution in [0.4, 0.5) is 4.79 Å². The van der Waals surface area contributed by atoms with Gasteiger partial charge in [-0.3, -0.25) is 15.8 Å². The van der Waals surface area contributed by atoms with Crippen molar-refractivity contribution in [2.45, 2.75) is 71.1 Å². The standard InChI is InChI=1S/C22H34N2O6/c1-6-7-14-29-19(26)22(23,24-20(27)30-21(2,3)4)15-17(25)11-8-16-9-12-18(28-5)13-10-16/h9-10,12-13H,6-8,11,14-15,23H2,1-5H3,(H,24,27). The van der Waals surface area contributed by atoms with Gasteiger partial charge in [0.1, 0.15) is 17.1 Å². The Morgan fingerprint density at radius 1 is 1.10 bits per heavy atom. The van der Waals surface area contributed by atoms with E-state index in [2.05, 4.69) is 5.32 Å². The van der Waals surface area contributed by atoms with Crippen molar-refractivity contribution in [2.24, 2.45) is 5.73 Å². The van der Waals surface area contributed by atoms with Crippen molar-refractivity contribution in [3.05, 3.63) is 29.8 Å². The Morgan fingerprint density at radius 3 is 2.27 bits per heavy atom. The fourth-order valence-electron chi connectivity index (χ4n) is 2.57. The Bertz CT molecular complexity index is 711. The summed E-state index contributed by atoms with van der Waals surface area (Å²) in [5, 5.41) is 2.33. The number of nitrogens with one attached hydrogen (secondary N) is 1. The van der Waals surface area contributed by atoms with Crippen molar-refractivity contribution in [3.8, 4) is 5.75 Å². The van der Waals surface area contributed by atoms with Crippen LogP contribution in [0.2, 0.25) is 0 Å². The lowest BCUT2D eigenvalue weighted by atomic mass is 9.99. The van der Waals surface area contributed by atoms with Gasteiger partial charge >= 0.3 is 12.1 Å². The Balaban J connectivity index is 2.79. The Hall–Kier alpha value is -2.61. The number of Topliss-reactive ketones (excluding diaryl/α,β-unsaturated/α-hetero) is 1. The lowest BCUT2D eigenvalue weighted by Crippen LogP contribution is -2.63. The van der Waals surface area contributed by atoms with E-state index in [1.54, 1.807) is 27.9 Å². The summed E-state index contributed by atoms with van der Waals surface area (Å²) in [6.45, 7) is 7.16. The number of ether oxygens (including phenoxy) is 3. The molecule has 0 spiro atoms. The summed E-state index contributed by atoms with van der Waals surface area (Å²) in [5.41, 5.74) is 4.29. The molecule has 3 N–H and O–H groups in total. The molecule has 1 aromatic carbocycles. The lowest BCUT2D eigenvalue weighted by molar-refractivity contribution is -0.153. The van der Waals surface area contributed by atoms with E-state index in [4.69, 9.17) is 19.9 Å². The molecule has 1 atom stereocenters. The number of esters is 1. The molecule has 0 fully saturated rings. The third-order valence-electron chi connectivity index (χ3n) is 4.15. The fraction of sp³-hybridized carbons (Fsp3) is 0.591. The minimum Gasteiger partial charge on any atom is -0.497 e. The highest BCUT2D eigenvalue weighted by Crippen LogP contribution is 2.16. The van der Waals surface area contributed by atoms with Gasteiger partial charge in [-0.2, -0.15) is 0 Å². The van der Waals surface area contributed by atoms with Gasteiger partial charge < -0.3 is 14.2 Å². The molecule has 0 heterocycles. The molecule has 0 saturated carbocycles. The predicted octanol–water partition coefficient (Wildman–Crippen LogP) is 3.11. The number of carbonyl (C=O) groups is 3. The third kappa shape index (κ3) is 9.26. The highest BCUT2D eigenvalue weighted by atomic mass is 16.6. The largest absolute Gasteiger partial charge is 0.497 e. The zero-order chi connectivity index (χ0) is 22.8. The van der Waals surface area contributed by atoms with Crippen LogP contribution in [0.5, 0.6) is 5.75 Å². The first-order valence-corrected chi connectivity index (χ1v) is 10.1. The van der Waals surface area contributed by atoms with Crippen molar-refractivity contribution in [1.29, 1.82) is 0 Å². The topological polar surface area (TPSA) is 117 Å². The molecule has 0 aromatic heterocycles. The van der Waals surface area contributed by atoms with Crippen LogP contribution in [0.15, 0.2) is 24.3 Å². The molecule has 8 nitrogen and oxygen atoms in total. The molecule has 168 valence electrons. The summed E-state index contributed by atoms with van der Waals surface area (Å²) < 4.78 is 15.5. The Labute approximate surface area is 178 Å². The molecule has 0 aliphatic rings. The highest BCUT2D eigenvalue weighted by Gasteiger charge is 2.40. The normalized spacial score (nSPS) is 13.1. The van der Waals surface area contributed by atoms with Crippen LogP contribution in [-0.2, 0) is 25.5 Å². The number of carbonyl (C=O) groups excluding carboxylic acids is 3. The molecule has 0 bridgehead atoms. The van der Waals surface area contributed by atoms with Crippen LogP contribution in [0.3, 0.4) is 0 Å². The maximum absolute atomic E-state index is 12.6. The van der Waals surface area contributed by atoms with Crippen molar-refractivity contribution >= 4 is 17.8 Å². The highest BCUT2D eigenvalue weighted by molar-refractivity contribution is 5.92. The van der Waals surface area contributed by atoms with E-state index >= 15 is 0 Å². The van der Waals surface area contributed by atoms with Gasteiger partial charge in [0.05, 0.1) is 20.1 Å². The molecule has 0 radical (unpaired) electrons. The van der Waals surface area contributed by atoms with E-state index in [-0.39, 0.29) is 18.8 Å². The average Bonchev–Trinajstić information content (AvgIpc) is 2.65. The van der Waals surface area contributed by atoms with Crippen LogP contribution in [0, 0.1) is 0 Å². The summed E-state index contributed by atoms with van der Waals surface area (Å²) in [5.74, 6) is -0.418. The molecule has 0 aliphatic heterocycles. The van der Waals surface area contributed by atoms with E-state index in [9.17, 15) is 14.4 Å². The molecule has 1 rings (SSSR count). The number of ketones is 1. The number of amides is 1. The summed E-state index contributed by atoms with van der Waals surface area (Å²) in [7, 11) is 1.58. The molecule has 1 aromatic rings. The minimum atomic E-state index is -1.99. The smallest absolute Gasteiger partial charge is 0.409 e. The van der Waals surface area contributed by atoms with E-state index in [0.29, 0.717) is 12.8 Å². The van der Waals surface area contributed by atoms with Gasteiger partial charge in [-0.25, -0.2) is 9.59 Å². The number of unbranched alkanes of at least 4 members (excludes halogenated alkanes) is 1. The van der Waals surface area contributed by atoms with Gasteiger partial charge in [0.25, 0.3) is 0 Å². The first-order chi connectivity index (χ1) is 14.0. The number of hydrogen-bond donors (Lipinski definition) is 2. The van der Waals surface area contributed by atoms with Crippen LogP contribution < -0.4 is 15.8 Å². The summed E-state index contributed by atoms with van der Waals surface area (Å²) in [4.78, 5) is 37.3. The second kappa shape index (κ2) is 11.5. The number of benzene rings is 1. The predicted molar refractivity (Wildman–Crippen MR) is 113 cm³/mol. The SMILES string of the molecule is CCCCOC(=O)C(N)(CC(=O)CCc1ccc(OC)cc1)NC(=O)OC(C)(C)C. The molecule has 30 heavy (non-hydrogen) atoms. The summed E-state index contributed by atoms with van der Waals surface area (Å²) in [6, 6.07) is 7.34. The van der Waals surface area contributed by atoms with Gasteiger partial charge in [-0.05, 0) is 51.3 Å². The van der Waals surface area contributed by atoms with E-state index in [1.807, 2.05) is 31.2 Å². The average molecular weight is 423 g/mol. The molecular weight excluding hydrogens is 388 g/mol. The zero-order valence-electron chi connectivity index (χ0n) is 18.6. The maximum Gasteiger partial charge on any atom is 0.409 e. The van der Waals surface area contributed by atoms with E-state index in [0.717, 1.165) is 17.7 Å². The Kier molecular flexibility index (Phi) is 9.78. The molecule has 0 saturated heterocycles. The van der Waals surface area contributed by atoms with Crippen molar-refractivity contribution in [3.63, 3.8) is 0 Å². The number of rotatable bonds is 11. The van der Waals surface area contributed by atoms with Crippen molar-refractivity contribution in [1.82, 2.24) is 5.32 Å². The number of aryl methyl sites for hydroxylation is 1. The molecule has 0 aliphatic carbocycles. The number of hydrogen-bond acceptors (Lipinski definition) is 7. The minimum absolute atomic E-state index is 0.156. The van der Waals surface area contributed by atoms with Crippen LogP contribution in [0.1, 0.15) is 58.9 Å². The quantitative estimate of drug-likeness (QED) is 0.320. The first kappa shape index (κ1) is 25.4. The monoisotopic (exact) mass is 422 g/mol. The maximum atomic E-state index is 12.6. The van der Waals surface area contributed by atoms with Gasteiger partial charge in [0.15, 0.2) is 5.66 Å². The molecular formula is C22H34N2O6. The van der Waals surface area contributed by atoms with Crippen molar-refractivity contribution < 1.29 is 28.6 Å². The first-order valence-electron chi connectivity index (χ1n) is 10.1. The summed E-state index contributed by atoms with van der Waals surface area (Å²) >= 11 is 0. The van der Waals surface area contributed by atoms with Gasteiger partial charge in [0, 0.05) is 6.42 Å². The zero-order valence-corrected chi connectivity index (χ0v) is 18.6. The number of alkyl carbamates (subject to hydrolysis) is 1. The van der Waals surface area contributed by atoms with Gasteiger partial charge in [-0.15, -0.1) is 0 Å². The summed E-state index contributed by atoms with van der Waals surface area (Å²) in [6.07, 6.45) is 0.818. The van der Waals surface area contributed by atoms with Crippen LogP contribution in [-0.4, -0.2) is 42.8 Å². The van der Waals surface area contributed by atoms with Crippen LogP contribution >= 0.6 is 0 Å².